The molecule has 1 aliphatic rings. The van der Waals surface area contributed by atoms with Crippen molar-refractivity contribution in [2.75, 3.05) is 32.1 Å². The van der Waals surface area contributed by atoms with Gasteiger partial charge in [0.25, 0.3) is 11.8 Å². The molecule has 0 spiro atoms. The van der Waals surface area contributed by atoms with Gasteiger partial charge >= 0.3 is 0 Å². The minimum Gasteiger partial charge on any atom is -0.378 e. The molecule has 0 unspecified atom stereocenters. The number of piperidine rings is 1. The lowest BCUT2D eigenvalue weighted by Gasteiger charge is -2.27. The quantitative estimate of drug-likeness (QED) is 0.811. The Hall–Kier alpha value is -3.08. The molecule has 1 aliphatic heterocycles. The molecule has 0 saturated carbocycles. The van der Waals surface area contributed by atoms with E-state index in [1.54, 1.807) is 18.2 Å². The second kappa shape index (κ2) is 9.22. The average Bonchev–Trinajstić information content (AvgIpc) is 2.74. The maximum atomic E-state index is 13.1. The minimum atomic E-state index is -0.276. The highest BCUT2D eigenvalue weighted by molar-refractivity contribution is 6.05. The third kappa shape index (κ3) is 5.00. The molecule has 146 valence electrons. The summed E-state index contributed by atoms with van der Waals surface area (Å²) in [6.07, 6.45) is 4.91. The van der Waals surface area contributed by atoms with Crippen molar-refractivity contribution in [1.29, 1.82) is 0 Å². The number of hydrogen-bond acceptors (Lipinski definition) is 3. The van der Waals surface area contributed by atoms with Crippen molar-refractivity contribution < 1.29 is 9.59 Å². The molecule has 5 heteroatoms. The van der Waals surface area contributed by atoms with Crippen molar-refractivity contribution in [3.8, 4) is 0 Å². The molecule has 0 radical (unpaired) electrons. The lowest BCUT2D eigenvalue weighted by molar-refractivity contribution is -0.128. The van der Waals surface area contributed by atoms with Crippen molar-refractivity contribution in [3.63, 3.8) is 0 Å². The van der Waals surface area contributed by atoms with Gasteiger partial charge in [-0.2, -0.15) is 0 Å². The summed E-state index contributed by atoms with van der Waals surface area (Å²) in [4.78, 5) is 29.6. The Morgan fingerprint density at radius 2 is 1.57 bits per heavy atom. The van der Waals surface area contributed by atoms with E-state index in [0.29, 0.717) is 11.3 Å². The Kier molecular flexibility index (Phi) is 6.48. The van der Waals surface area contributed by atoms with E-state index in [-0.39, 0.29) is 11.8 Å². The van der Waals surface area contributed by atoms with Crippen LogP contribution in [-0.2, 0) is 4.79 Å². The van der Waals surface area contributed by atoms with E-state index in [0.717, 1.165) is 43.6 Å². The number of benzene rings is 2. The maximum absolute atomic E-state index is 13.1. The van der Waals surface area contributed by atoms with E-state index in [2.05, 4.69) is 5.32 Å². The largest absolute Gasteiger partial charge is 0.378 e. The molecule has 1 saturated heterocycles. The van der Waals surface area contributed by atoms with Gasteiger partial charge in [0.2, 0.25) is 0 Å². The van der Waals surface area contributed by atoms with Crippen molar-refractivity contribution in [2.24, 2.45) is 0 Å². The number of carbonyl (C=O) groups is 2. The summed E-state index contributed by atoms with van der Waals surface area (Å²) >= 11 is 0. The number of anilines is 1. The molecule has 28 heavy (non-hydrogen) atoms. The smallest absolute Gasteiger partial charge is 0.270 e. The fraction of sp³-hybridized carbons (Fsp3) is 0.304. The highest BCUT2D eigenvalue weighted by Crippen LogP contribution is 2.17. The first-order valence-corrected chi connectivity index (χ1v) is 9.69. The van der Waals surface area contributed by atoms with Gasteiger partial charge in [-0.3, -0.25) is 9.59 Å². The first-order valence-electron chi connectivity index (χ1n) is 9.69. The molecule has 0 aliphatic carbocycles. The molecular weight excluding hydrogens is 350 g/mol. The zero-order valence-corrected chi connectivity index (χ0v) is 16.5. The molecule has 1 N–H and O–H groups in total. The van der Waals surface area contributed by atoms with Crippen LogP contribution in [0.5, 0.6) is 0 Å². The molecule has 3 rings (SSSR count). The summed E-state index contributed by atoms with van der Waals surface area (Å²) in [5.74, 6) is -0.400. The van der Waals surface area contributed by atoms with E-state index >= 15 is 0 Å². The molecule has 0 aromatic heterocycles. The molecule has 1 fully saturated rings. The fourth-order valence-corrected chi connectivity index (χ4v) is 3.24. The van der Waals surface area contributed by atoms with Crippen LogP contribution in [0.25, 0.3) is 6.08 Å². The minimum absolute atomic E-state index is 0.124. The molecule has 5 nitrogen and oxygen atoms in total. The van der Waals surface area contributed by atoms with Crippen LogP contribution in [0, 0.1) is 0 Å². The van der Waals surface area contributed by atoms with Crippen LogP contribution in [-0.4, -0.2) is 43.9 Å². The third-order valence-electron chi connectivity index (χ3n) is 4.88. The maximum Gasteiger partial charge on any atom is 0.270 e. The molecule has 2 aromatic rings. The number of likely N-dealkylation sites (tertiary alicyclic amines) is 1. The summed E-state index contributed by atoms with van der Waals surface area (Å²) in [5.41, 5.74) is 2.80. The SMILES string of the molecule is CN(C)c1ccc(/C=C(/NC(=O)c2ccccc2)C(=O)N2CCCCC2)cc1. The van der Waals surface area contributed by atoms with Crippen LogP contribution in [0.2, 0.25) is 0 Å². The summed E-state index contributed by atoms with van der Waals surface area (Å²) in [5, 5.41) is 2.84. The van der Waals surface area contributed by atoms with Crippen LogP contribution in [0.4, 0.5) is 5.69 Å². The molecule has 1 heterocycles. The zero-order chi connectivity index (χ0) is 19.9. The summed E-state index contributed by atoms with van der Waals surface area (Å²) in [7, 11) is 3.96. The van der Waals surface area contributed by atoms with Gasteiger partial charge in [-0.1, -0.05) is 30.3 Å². The van der Waals surface area contributed by atoms with Gasteiger partial charge in [-0.15, -0.1) is 0 Å². The Balaban J connectivity index is 1.86. The normalized spacial score (nSPS) is 14.5. The zero-order valence-electron chi connectivity index (χ0n) is 16.5. The van der Waals surface area contributed by atoms with E-state index < -0.39 is 0 Å². The van der Waals surface area contributed by atoms with Gasteiger partial charge in [-0.05, 0) is 55.2 Å². The van der Waals surface area contributed by atoms with E-state index in [1.807, 2.05) is 66.4 Å². The highest BCUT2D eigenvalue weighted by atomic mass is 16.2. The average molecular weight is 377 g/mol. The van der Waals surface area contributed by atoms with Gasteiger partial charge in [0, 0.05) is 38.4 Å². The number of hydrogen-bond donors (Lipinski definition) is 1. The number of nitrogens with zero attached hydrogens (tertiary/aromatic N) is 2. The van der Waals surface area contributed by atoms with Crippen LogP contribution in [0.1, 0.15) is 35.2 Å². The Morgan fingerprint density at radius 1 is 0.929 bits per heavy atom. The first kappa shape index (κ1) is 19.7. The topological polar surface area (TPSA) is 52.7 Å². The van der Waals surface area contributed by atoms with E-state index in [4.69, 9.17) is 0 Å². The Morgan fingerprint density at radius 3 is 2.18 bits per heavy atom. The molecule has 2 amide bonds. The lowest BCUT2D eigenvalue weighted by Crippen LogP contribution is -2.41. The molecule has 2 aromatic carbocycles. The number of amides is 2. The van der Waals surface area contributed by atoms with Crippen LogP contribution in [0.15, 0.2) is 60.3 Å². The van der Waals surface area contributed by atoms with Crippen molar-refractivity contribution in [2.45, 2.75) is 19.3 Å². The standard InChI is InChI=1S/C23H27N3O2/c1-25(2)20-13-11-18(12-14-20)17-21(23(28)26-15-7-4-8-16-26)24-22(27)19-9-5-3-6-10-19/h3,5-6,9-14,17H,4,7-8,15-16H2,1-2H3,(H,24,27)/b21-17+. The van der Waals surface area contributed by atoms with Gasteiger partial charge in [0.1, 0.15) is 5.70 Å². The highest BCUT2D eigenvalue weighted by Gasteiger charge is 2.22. The Labute approximate surface area is 166 Å². The monoisotopic (exact) mass is 377 g/mol. The fourth-order valence-electron chi connectivity index (χ4n) is 3.24. The summed E-state index contributed by atoms with van der Waals surface area (Å²) in [6, 6.07) is 16.9. The third-order valence-corrected chi connectivity index (χ3v) is 4.88. The predicted molar refractivity (Wildman–Crippen MR) is 113 cm³/mol. The van der Waals surface area contributed by atoms with Gasteiger partial charge in [0.05, 0.1) is 0 Å². The molecular formula is C23H27N3O2. The van der Waals surface area contributed by atoms with Gasteiger partial charge in [-0.25, -0.2) is 0 Å². The van der Waals surface area contributed by atoms with Crippen molar-refractivity contribution in [3.05, 3.63) is 71.4 Å². The van der Waals surface area contributed by atoms with Crippen molar-refractivity contribution in [1.82, 2.24) is 10.2 Å². The van der Waals surface area contributed by atoms with Crippen LogP contribution < -0.4 is 10.2 Å². The number of carbonyl (C=O) groups excluding carboxylic acids is 2. The molecule has 0 bridgehead atoms. The molecule has 0 atom stereocenters. The van der Waals surface area contributed by atoms with Crippen molar-refractivity contribution >= 4 is 23.6 Å². The van der Waals surface area contributed by atoms with Crippen LogP contribution in [0.3, 0.4) is 0 Å². The predicted octanol–water partition coefficient (Wildman–Crippen LogP) is 3.54. The number of nitrogens with one attached hydrogen (secondary N) is 1. The second-order valence-corrected chi connectivity index (χ2v) is 7.22. The van der Waals surface area contributed by atoms with Gasteiger partial charge in [0.15, 0.2) is 0 Å². The Bertz CT molecular complexity index is 836. The van der Waals surface area contributed by atoms with Gasteiger partial charge < -0.3 is 15.1 Å². The summed E-state index contributed by atoms with van der Waals surface area (Å²) in [6.45, 7) is 1.47. The second-order valence-electron chi connectivity index (χ2n) is 7.22. The summed E-state index contributed by atoms with van der Waals surface area (Å²) < 4.78 is 0. The first-order chi connectivity index (χ1) is 13.5. The van der Waals surface area contributed by atoms with E-state index in [1.165, 1.54) is 0 Å². The lowest BCUT2D eigenvalue weighted by atomic mass is 10.1. The van der Waals surface area contributed by atoms with E-state index in [9.17, 15) is 9.59 Å². The van der Waals surface area contributed by atoms with Crippen LogP contribution >= 0.6 is 0 Å². The number of rotatable bonds is 5.